The molecule has 2 aromatic heterocycles. The first-order valence-electron chi connectivity index (χ1n) is 11.2. The highest BCUT2D eigenvalue weighted by Crippen LogP contribution is 2.27. The number of hydrogen-bond donors (Lipinski definition) is 1. The Kier molecular flexibility index (Phi) is 6.33. The van der Waals surface area contributed by atoms with Crippen molar-refractivity contribution in [3.8, 4) is 0 Å². The van der Waals surface area contributed by atoms with Crippen LogP contribution in [0.25, 0.3) is 21.8 Å². The summed E-state index contributed by atoms with van der Waals surface area (Å²) >= 11 is 5.91. The Bertz CT molecular complexity index is 1570. The Morgan fingerprint density at radius 1 is 0.943 bits per heavy atom. The van der Waals surface area contributed by atoms with Crippen molar-refractivity contribution >= 4 is 39.3 Å². The Balaban J connectivity index is 1.41. The molecular weight excluding hydrogens is 467 g/mol. The number of hydrogen-bond acceptors (Lipinski definition) is 3. The average molecular weight is 489 g/mol. The minimum atomic E-state index is -0.353. The van der Waals surface area contributed by atoms with E-state index in [1.807, 2.05) is 53.1 Å². The second kappa shape index (κ2) is 9.72. The van der Waals surface area contributed by atoms with E-state index in [9.17, 15) is 14.0 Å². The van der Waals surface area contributed by atoms with Gasteiger partial charge in [-0.15, -0.1) is 0 Å². The highest BCUT2D eigenvalue weighted by Gasteiger charge is 2.17. The first-order valence-corrected chi connectivity index (χ1v) is 11.6. The Hall–Kier alpha value is -3.97. The van der Waals surface area contributed by atoms with E-state index in [2.05, 4.69) is 10.4 Å². The molecule has 0 atom stereocenters. The largest absolute Gasteiger partial charge is 0.354 e. The van der Waals surface area contributed by atoms with Crippen LogP contribution in [0, 0.1) is 5.82 Å². The van der Waals surface area contributed by atoms with Crippen molar-refractivity contribution in [1.82, 2.24) is 19.7 Å². The normalized spacial score (nSPS) is 11.3. The number of carbonyl (C=O) groups is 1. The van der Waals surface area contributed by atoms with Gasteiger partial charge in [-0.1, -0.05) is 54.1 Å². The number of halogens is 2. The molecule has 3 aromatic carbocycles. The molecule has 0 aliphatic heterocycles. The van der Waals surface area contributed by atoms with Gasteiger partial charge in [0.1, 0.15) is 17.9 Å². The summed E-state index contributed by atoms with van der Waals surface area (Å²) in [6.07, 6.45) is 2.28. The number of aromatic nitrogens is 3. The number of para-hydroxylation sites is 1. The van der Waals surface area contributed by atoms with Crippen LogP contribution in [0.2, 0.25) is 5.02 Å². The lowest BCUT2D eigenvalue weighted by Gasteiger charge is -2.10. The molecule has 0 unspecified atom stereocenters. The summed E-state index contributed by atoms with van der Waals surface area (Å²) in [7, 11) is 0. The number of nitrogens with zero attached hydrogens (tertiary/aromatic N) is 3. The summed E-state index contributed by atoms with van der Waals surface area (Å²) in [6, 6.07) is 21.3. The summed E-state index contributed by atoms with van der Waals surface area (Å²) in [5.74, 6) is -0.612. The SMILES string of the molecule is O=C(Cn1ncc2c3ccccc3n(Cc3ccc(F)cc3)c2c1=O)NCCc1ccc(Cl)cc1. The van der Waals surface area contributed by atoms with Gasteiger partial charge in [0.15, 0.2) is 0 Å². The maximum absolute atomic E-state index is 13.5. The summed E-state index contributed by atoms with van der Waals surface area (Å²) in [5, 5.41) is 9.39. The first-order chi connectivity index (χ1) is 17.0. The predicted molar refractivity (Wildman–Crippen MR) is 135 cm³/mol. The second-order valence-corrected chi connectivity index (χ2v) is 8.76. The molecule has 35 heavy (non-hydrogen) atoms. The zero-order chi connectivity index (χ0) is 24.4. The van der Waals surface area contributed by atoms with Crippen LogP contribution in [0.3, 0.4) is 0 Å². The molecule has 5 rings (SSSR count). The maximum Gasteiger partial charge on any atom is 0.291 e. The maximum atomic E-state index is 13.5. The predicted octanol–water partition coefficient (Wildman–Crippen LogP) is 4.55. The zero-order valence-corrected chi connectivity index (χ0v) is 19.5. The highest BCUT2D eigenvalue weighted by molar-refractivity contribution is 6.30. The molecule has 8 heteroatoms. The second-order valence-electron chi connectivity index (χ2n) is 8.33. The molecule has 6 nitrogen and oxygen atoms in total. The fourth-order valence-electron chi connectivity index (χ4n) is 4.23. The summed E-state index contributed by atoms with van der Waals surface area (Å²) in [4.78, 5) is 26.0. The lowest BCUT2D eigenvalue weighted by Crippen LogP contribution is -2.35. The smallest absolute Gasteiger partial charge is 0.291 e. The van der Waals surface area contributed by atoms with Gasteiger partial charge in [0.2, 0.25) is 5.91 Å². The van der Waals surface area contributed by atoms with Crippen LogP contribution in [0.15, 0.2) is 83.8 Å². The molecule has 0 saturated heterocycles. The molecule has 176 valence electrons. The minimum absolute atomic E-state index is 0.187. The first kappa shape index (κ1) is 22.8. The third-order valence-electron chi connectivity index (χ3n) is 5.97. The van der Waals surface area contributed by atoms with Crippen LogP contribution < -0.4 is 10.9 Å². The van der Waals surface area contributed by atoms with Crippen molar-refractivity contribution in [2.75, 3.05) is 6.54 Å². The summed E-state index contributed by atoms with van der Waals surface area (Å²) in [6.45, 7) is 0.632. The van der Waals surface area contributed by atoms with Gasteiger partial charge in [0.05, 0.1) is 6.20 Å². The average Bonchev–Trinajstić information content (AvgIpc) is 3.18. The van der Waals surface area contributed by atoms with Crippen LogP contribution >= 0.6 is 11.6 Å². The van der Waals surface area contributed by atoms with Gasteiger partial charge < -0.3 is 9.88 Å². The van der Waals surface area contributed by atoms with Crippen molar-refractivity contribution in [3.63, 3.8) is 0 Å². The van der Waals surface area contributed by atoms with Gasteiger partial charge in [0, 0.05) is 34.4 Å². The lowest BCUT2D eigenvalue weighted by atomic mass is 10.1. The summed E-state index contributed by atoms with van der Waals surface area (Å²) in [5.41, 5.74) is 2.89. The topological polar surface area (TPSA) is 68.9 Å². The molecule has 5 aromatic rings. The Labute approximate surface area is 205 Å². The van der Waals surface area contributed by atoms with E-state index in [4.69, 9.17) is 11.6 Å². The van der Waals surface area contributed by atoms with E-state index in [1.165, 1.54) is 16.8 Å². The van der Waals surface area contributed by atoms with Crippen molar-refractivity contribution in [2.24, 2.45) is 0 Å². The molecule has 0 saturated carbocycles. The summed E-state index contributed by atoms with van der Waals surface area (Å²) < 4.78 is 16.5. The van der Waals surface area contributed by atoms with Crippen molar-refractivity contribution in [2.45, 2.75) is 19.5 Å². The molecule has 0 bridgehead atoms. The fourth-order valence-corrected chi connectivity index (χ4v) is 4.36. The number of benzene rings is 3. The minimum Gasteiger partial charge on any atom is -0.354 e. The van der Waals surface area contributed by atoms with E-state index < -0.39 is 0 Å². The molecule has 1 N–H and O–H groups in total. The number of rotatable bonds is 7. The molecule has 0 radical (unpaired) electrons. The number of amides is 1. The van der Waals surface area contributed by atoms with E-state index in [-0.39, 0.29) is 23.8 Å². The Morgan fingerprint density at radius 3 is 2.43 bits per heavy atom. The monoisotopic (exact) mass is 488 g/mol. The van der Waals surface area contributed by atoms with Crippen LogP contribution in [-0.2, 0) is 24.3 Å². The number of carbonyl (C=O) groups excluding carboxylic acids is 1. The van der Waals surface area contributed by atoms with E-state index >= 15 is 0 Å². The quantitative estimate of drug-likeness (QED) is 0.365. The number of fused-ring (bicyclic) bond motifs is 3. The molecule has 1 amide bonds. The van der Waals surface area contributed by atoms with E-state index in [0.717, 1.165) is 22.0 Å². The Morgan fingerprint density at radius 2 is 1.66 bits per heavy atom. The van der Waals surface area contributed by atoms with E-state index in [0.29, 0.717) is 35.4 Å². The number of nitrogens with one attached hydrogen (secondary N) is 1. The highest BCUT2D eigenvalue weighted by atomic mass is 35.5. The van der Waals surface area contributed by atoms with Gasteiger partial charge >= 0.3 is 0 Å². The fraction of sp³-hybridized carbons (Fsp3) is 0.148. The van der Waals surface area contributed by atoms with Gasteiger partial charge in [-0.05, 0) is 47.9 Å². The van der Waals surface area contributed by atoms with Crippen molar-refractivity contribution in [3.05, 3.63) is 111 Å². The van der Waals surface area contributed by atoms with Crippen molar-refractivity contribution < 1.29 is 9.18 Å². The van der Waals surface area contributed by atoms with Gasteiger partial charge in [-0.2, -0.15) is 5.10 Å². The van der Waals surface area contributed by atoms with Crippen LogP contribution in [0.1, 0.15) is 11.1 Å². The van der Waals surface area contributed by atoms with E-state index in [1.54, 1.807) is 18.3 Å². The molecular formula is C27H22ClFN4O2. The molecule has 0 fully saturated rings. The molecule has 2 heterocycles. The van der Waals surface area contributed by atoms with Crippen LogP contribution in [0.5, 0.6) is 0 Å². The molecule has 0 aliphatic carbocycles. The molecule has 0 spiro atoms. The third-order valence-corrected chi connectivity index (χ3v) is 6.22. The third kappa shape index (κ3) is 4.81. The van der Waals surface area contributed by atoms with Gasteiger partial charge in [-0.3, -0.25) is 9.59 Å². The van der Waals surface area contributed by atoms with Crippen LogP contribution in [0.4, 0.5) is 4.39 Å². The van der Waals surface area contributed by atoms with Gasteiger partial charge in [-0.25, -0.2) is 9.07 Å². The molecule has 0 aliphatic rings. The zero-order valence-electron chi connectivity index (χ0n) is 18.7. The van der Waals surface area contributed by atoms with Gasteiger partial charge in [0.25, 0.3) is 5.56 Å². The van der Waals surface area contributed by atoms with Crippen LogP contribution in [-0.4, -0.2) is 26.8 Å². The lowest BCUT2D eigenvalue weighted by molar-refractivity contribution is -0.121. The standard InChI is InChI=1S/C27H22ClFN4O2/c28-20-9-5-18(6-10-20)13-14-30-25(34)17-33-27(35)26-23(15-31-33)22-3-1-2-4-24(22)32(26)16-19-7-11-21(29)12-8-19/h1-12,15H,13-14,16-17H2,(H,30,34). The van der Waals surface area contributed by atoms with Crippen molar-refractivity contribution in [1.29, 1.82) is 0 Å².